The van der Waals surface area contributed by atoms with E-state index in [2.05, 4.69) is 5.32 Å². The van der Waals surface area contributed by atoms with Crippen LogP contribution in [0, 0.1) is 0 Å². The molecule has 6 heteroatoms. The summed E-state index contributed by atoms with van der Waals surface area (Å²) in [6.07, 6.45) is -0.232. The van der Waals surface area contributed by atoms with Crippen LogP contribution in [-0.4, -0.2) is 47.1 Å². The second-order valence-corrected chi connectivity index (χ2v) is 4.95. The predicted octanol–water partition coefficient (Wildman–Crippen LogP) is 1.47. The number of carbonyl (C=O) groups is 2. The largest absolute Gasteiger partial charge is 0.481 e. The van der Waals surface area contributed by atoms with Crippen LogP contribution < -0.4 is 5.32 Å². The fraction of sp³-hybridized carbons (Fsp3) is 0.467. The number of carboxylic acid groups (broad SMARTS) is 1. The quantitative estimate of drug-likeness (QED) is 0.675. The van der Waals surface area contributed by atoms with Crippen molar-refractivity contribution in [2.75, 3.05) is 25.5 Å². The lowest BCUT2D eigenvalue weighted by Gasteiger charge is -2.20. The number of aliphatic hydroxyl groups excluding tert-OH is 1. The molecule has 1 rings (SSSR count). The molecule has 0 spiro atoms. The van der Waals surface area contributed by atoms with E-state index in [4.69, 9.17) is 5.11 Å². The van der Waals surface area contributed by atoms with E-state index in [0.717, 1.165) is 5.56 Å². The lowest BCUT2D eigenvalue weighted by Crippen LogP contribution is -2.27. The Morgan fingerprint density at radius 2 is 1.90 bits per heavy atom. The van der Waals surface area contributed by atoms with Crippen LogP contribution in [0.25, 0.3) is 0 Å². The van der Waals surface area contributed by atoms with Crippen molar-refractivity contribution < 1.29 is 19.8 Å². The third kappa shape index (κ3) is 6.37. The van der Waals surface area contributed by atoms with Gasteiger partial charge >= 0.3 is 5.97 Å². The number of benzene rings is 1. The number of hydrogen-bond donors (Lipinski definition) is 3. The van der Waals surface area contributed by atoms with Gasteiger partial charge in [-0.15, -0.1) is 0 Å². The van der Waals surface area contributed by atoms with E-state index in [1.807, 2.05) is 0 Å². The van der Waals surface area contributed by atoms with Crippen LogP contribution in [0.3, 0.4) is 0 Å². The van der Waals surface area contributed by atoms with E-state index in [0.29, 0.717) is 25.2 Å². The topological polar surface area (TPSA) is 89.9 Å². The Labute approximate surface area is 124 Å². The minimum absolute atomic E-state index is 0.0468. The number of rotatable bonds is 8. The fourth-order valence-corrected chi connectivity index (χ4v) is 1.82. The number of anilines is 1. The molecule has 0 bridgehead atoms. The molecule has 0 heterocycles. The zero-order chi connectivity index (χ0) is 15.8. The first-order valence-electron chi connectivity index (χ1n) is 6.90. The van der Waals surface area contributed by atoms with Crippen molar-refractivity contribution in [2.24, 2.45) is 0 Å². The van der Waals surface area contributed by atoms with Crippen molar-refractivity contribution in [1.29, 1.82) is 0 Å². The number of nitrogens with one attached hydrogen (secondary N) is 1. The number of aliphatic hydroxyl groups is 1. The molecule has 6 nitrogen and oxygen atoms in total. The predicted molar refractivity (Wildman–Crippen MR) is 80.1 cm³/mol. The minimum Gasteiger partial charge on any atom is -0.481 e. The van der Waals surface area contributed by atoms with Crippen LogP contribution in [0.2, 0.25) is 0 Å². The van der Waals surface area contributed by atoms with Crippen LogP contribution in [0.15, 0.2) is 24.3 Å². The standard InChI is InChI=1S/C15H22N2O4/c1-3-14(19)16-12-6-4-11(5-7-12)13(18)10-17(2)9-8-15(20)21/h4-7,13,18H,3,8-10H2,1-2H3,(H,16,19)(H,20,21). The Bertz CT molecular complexity index is 473. The molecule has 0 aromatic heterocycles. The van der Waals surface area contributed by atoms with Gasteiger partial charge in [0.15, 0.2) is 0 Å². The number of aliphatic carboxylic acids is 1. The van der Waals surface area contributed by atoms with Crippen molar-refractivity contribution in [3.05, 3.63) is 29.8 Å². The average molecular weight is 294 g/mol. The highest BCUT2D eigenvalue weighted by molar-refractivity contribution is 5.90. The van der Waals surface area contributed by atoms with Crippen LogP contribution in [-0.2, 0) is 9.59 Å². The van der Waals surface area contributed by atoms with Gasteiger partial charge in [-0.3, -0.25) is 9.59 Å². The van der Waals surface area contributed by atoms with Crippen LogP contribution in [0.5, 0.6) is 0 Å². The summed E-state index contributed by atoms with van der Waals surface area (Å²) in [5.74, 6) is -0.913. The molecule has 3 N–H and O–H groups in total. The summed E-state index contributed by atoms with van der Waals surface area (Å²) in [6, 6.07) is 6.98. The monoisotopic (exact) mass is 294 g/mol. The summed E-state index contributed by atoms with van der Waals surface area (Å²) in [5, 5.41) is 21.4. The molecule has 0 saturated heterocycles. The number of likely N-dealkylation sites (N-methyl/N-ethyl adjacent to an activating group) is 1. The number of carboxylic acids is 1. The summed E-state index contributed by atoms with van der Waals surface area (Å²) in [7, 11) is 1.77. The molecule has 0 aliphatic rings. The normalized spacial score (nSPS) is 12.2. The third-order valence-electron chi connectivity index (χ3n) is 3.09. The molecule has 0 aliphatic carbocycles. The molecular formula is C15H22N2O4. The maximum absolute atomic E-state index is 11.3. The summed E-state index contributed by atoms with van der Waals surface area (Å²) in [6.45, 7) is 2.52. The molecule has 116 valence electrons. The molecule has 0 aliphatic heterocycles. The maximum Gasteiger partial charge on any atom is 0.304 e. The first-order valence-corrected chi connectivity index (χ1v) is 6.90. The van der Waals surface area contributed by atoms with Gasteiger partial charge in [-0.25, -0.2) is 0 Å². The number of nitrogens with zero attached hydrogens (tertiary/aromatic N) is 1. The van der Waals surface area contributed by atoms with Gasteiger partial charge in [-0.2, -0.15) is 0 Å². The lowest BCUT2D eigenvalue weighted by molar-refractivity contribution is -0.137. The summed E-state index contributed by atoms with van der Waals surface area (Å²) < 4.78 is 0. The number of hydrogen-bond acceptors (Lipinski definition) is 4. The molecule has 0 fully saturated rings. The van der Waals surface area contributed by atoms with Crippen molar-refractivity contribution in [3.63, 3.8) is 0 Å². The zero-order valence-corrected chi connectivity index (χ0v) is 12.4. The van der Waals surface area contributed by atoms with E-state index >= 15 is 0 Å². The van der Waals surface area contributed by atoms with Gasteiger partial charge < -0.3 is 20.4 Å². The van der Waals surface area contributed by atoms with Crippen molar-refractivity contribution in [1.82, 2.24) is 4.90 Å². The molecule has 0 saturated carbocycles. The minimum atomic E-state index is -0.854. The lowest BCUT2D eigenvalue weighted by atomic mass is 10.1. The van der Waals surface area contributed by atoms with E-state index in [9.17, 15) is 14.7 Å². The van der Waals surface area contributed by atoms with Crippen molar-refractivity contribution in [3.8, 4) is 0 Å². The van der Waals surface area contributed by atoms with Gasteiger partial charge in [0.25, 0.3) is 0 Å². The number of amides is 1. The van der Waals surface area contributed by atoms with Gasteiger partial charge in [-0.1, -0.05) is 19.1 Å². The Hall–Kier alpha value is -1.92. The van der Waals surface area contributed by atoms with E-state index in [1.165, 1.54) is 0 Å². The molecule has 0 radical (unpaired) electrons. The molecule has 1 aromatic carbocycles. The molecule has 1 atom stereocenters. The van der Waals surface area contributed by atoms with E-state index in [-0.39, 0.29) is 12.3 Å². The van der Waals surface area contributed by atoms with Crippen molar-refractivity contribution >= 4 is 17.6 Å². The highest BCUT2D eigenvalue weighted by Gasteiger charge is 2.12. The SMILES string of the molecule is CCC(=O)Nc1ccc(C(O)CN(C)CCC(=O)O)cc1. The number of carbonyl (C=O) groups excluding carboxylic acids is 1. The smallest absolute Gasteiger partial charge is 0.304 e. The Morgan fingerprint density at radius 1 is 1.29 bits per heavy atom. The summed E-state index contributed by atoms with van der Waals surface area (Å²) >= 11 is 0. The highest BCUT2D eigenvalue weighted by Crippen LogP contribution is 2.17. The van der Waals surface area contributed by atoms with Gasteiger partial charge in [-0.05, 0) is 24.7 Å². The first-order chi connectivity index (χ1) is 9.92. The van der Waals surface area contributed by atoms with Gasteiger partial charge in [0.1, 0.15) is 0 Å². The molecule has 1 amide bonds. The Balaban J connectivity index is 2.52. The average Bonchev–Trinajstić information content (AvgIpc) is 2.45. The van der Waals surface area contributed by atoms with E-state index in [1.54, 1.807) is 43.1 Å². The van der Waals surface area contributed by atoms with Gasteiger partial charge in [0.2, 0.25) is 5.91 Å². The molecule has 1 aromatic rings. The first kappa shape index (κ1) is 17.1. The Morgan fingerprint density at radius 3 is 2.43 bits per heavy atom. The fourth-order valence-electron chi connectivity index (χ4n) is 1.82. The summed E-state index contributed by atoms with van der Waals surface area (Å²) in [4.78, 5) is 23.5. The van der Waals surface area contributed by atoms with Crippen molar-refractivity contribution in [2.45, 2.75) is 25.9 Å². The molecule has 21 heavy (non-hydrogen) atoms. The maximum atomic E-state index is 11.3. The highest BCUT2D eigenvalue weighted by atomic mass is 16.4. The van der Waals surface area contributed by atoms with E-state index < -0.39 is 12.1 Å². The van der Waals surface area contributed by atoms with Gasteiger partial charge in [0, 0.05) is 25.2 Å². The second kappa shape index (κ2) is 8.39. The Kier molecular flexibility index (Phi) is 6.84. The van der Waals surface area contributed by atoms with Crippen LogP contribution in [0.4, 0.5) is 5.69 Å². The zero-order valence-electron chi connectivity index (χ0n) is 12.4. The summed E-state index contributed by atoms with van der Waals surface area (Å²) in [5.41, 5.74) is 1.42. The van der Waals surface area contributed by atoms with Gasteiger partial charge in [0.05, 0.1) is 12.5 Å². The van der Waals surface area contributed by atoms with Crippen LogP contribution in [0.1, 0.15) is 31.4 Å². The molecule has 1 unspecified atom stereocenters. The third-order valence-corrected chi connectivity index (χ3v) is 3.09. The molecular weight excluding hydrogens is 272 g/mol. The van der Waals surface area contributed by atoms with Crippen LogP contribution >= 0.6 is 0 Å². The second-order valence-electron chi connectivity index (χ2n) is 4.95.